The van der Waals surface area contributed by atoms with Gasteiger partial charge in [-0.1, -0.05) is 17.7 Å². The van der Waals surface area contributed by atoms with E-state index in [0.717, 1.165) is 27.9 Å². The van der Waals surface area contributed by atoms with Crippen molar-refractivity contribution in [1.82, 2.24) is 4.57 Å². The molecule has 0 bridgehead atoms. The predicted octanol–water partition coefficient (Wildman–Crippen LogP) is 3.91. The number of aromatic nitrogens is 1. The minimum Gasteiger partial charge on any atom is -0.497 e. The molecule has 1 amide bonds. The van der Waals surface area contributed by atoms with Crippen molar-refractivity contribution in [3.8, 4) is 11.5 Å². The second kappa shape index (κ2) is 6.89. The van der Waals surface area contributed by atoms with Crippen molar-refractivity contribution < 1.29 is 14.3 Å². The standard InChI is InChI=1S/C20H22N2O3/c1-13-5-6-17(14(2)9-13)21-20(23)12-22-8-7-16-18(22)10-15(24-3)11-19(16)25-4/h5-11H,12H2,1-4H3,(H,21,23). The molecule has 5 heteroatoms. The van der Waals surface area contributed by atoms with E-state index < -0.39 is 0 Å². The van der Waals surface area contributed by atoms with E-state index >= 15 is 0 Å². The lowest BCUT2D eigenvalue weighted by molar-refractivity contribution is -0.116. The zero-order chi connectivity index (χ0) is 18.0. The van der Waals surface area contributed by atoms with Crippen LogP contribution in [0.3, 0.4) is 0 Å². The van der Waals surface area contributed by atoms with E-state index in [-0.39, 0.29) is 12.5 Å². The van der Waals surface area contributed by atoms with Crippen LogP contribution in [0.2, 0.25) is 0 Å². The van der Waals surface area contributed by atoms with Crippen molar-refractivity contribution in [2.45, 2.75) is 20.4 Å². The van der Waals surface area contributed by atoms with Gasteiger partial charge in [0, 0.05) is 29.4 Å². The lowest BCUT2D eigenvalue weighted by atomic mass is 10.1. The normalized spacial score (nSPS) is 10.7. The van der Waals surface area contributed by atoms with E-state index in [0.29, 0.717) is 5.75 Å². The van der Waals surface area contributed by atoms with Crippen LogP contribution in [0.1, 0.15) is 11.1 Å². The maximum Gasteiger partial charge on any atom is 0.244 e. The number of carbonyl (C=O) groups is 1. The monoisotopic (exact) mass is 338 g/mol. The molecule has 25 heavy (non-hydrogen) atoms. The number of amides is 1. The van der Waals surface area contributed by atoms with E-state index in [9.17, 15) is 4.79 Å². The molecule has 1 aromatic heterocycles. The first-order chi connectivity index (χ1) is 12.0. The molecule has 0 fully saturated rings. The van der Waals surface area contributed by atoms with Gasteiger partial charge in [-0.15, -0.1) is 0 Å². The van der Waals surface area contributed by atoms with Crippen LogP contribution in [0.4, 0.5) is 5.69 Å². The van der Waals surface area contributed by atoms with Crippen LogP contribution >= 0.6 is 0 Å². The minimum absolute atomic E-state index is 0.0776. The Kier molecular flexibility index (Phi) is 4.65. The molecule has 0 aliphatic carbocycles. The van der Waals surface area contributed by atoms with Crippen LogP contribution in [0.15, 0.2) is 42.6 Å². The molecule has 0 saturated carbocycles. The molecule has 0 aliphatic rings. The van der Waals surface area contributed by atoms with Crippen LogP contribution in [0, 0.1) is 13.8 Å². The molecule has 5 nitrogen and oxygen atoms in total. The summed E-state index contributed by atoms with van der Waals surface area (Å²) in [5.74, 6) is 1.34. The van der Waals surface area contributed by atoms with Crippen molar-refractivity contribution in [2.24, 2.45) is 0 Å². The summed E-state index contributed by atoms with van der Waals surface area (Å²) in [7, 11) is 3.24. The van der Waals surface area contributed by atoms with Gasteiger partial charge >= 0.3 is 0 Å². The average Bonchev–Trinajstić information content (AvgIpc) is 2.99. The fraction of sp³-hybridized carbons (Fsp3) is 0.250. The van der Waals surface area contributed by atoms with Gasteiger partial charge in [0.1, 0.15) is 18.0 Å². The van der Waals surface area contributed by atoms with E-state index in [1.54, 1.807) is 14.2 Å². The van der Waals surface area contributed by atoms with Crippen LogP contribution < -0.4 is 14.8 Å². The Morgan fingerprint density at radius 1 is 1.08 bits per heavy atom. The number of methoxy groups -OCH3 is 2. The summed E-state index contributed by atoms with van der Waals surface area (Å²) >= 11 is 0. The van der Waals surface area contributed by atoms with Gasteiger partial charge in [0.25, 0.3) is 0 Å². The number of hydrogen-bond donors (Lipinski definition) is 1. The van der Waals surface area contributed by atoms with Crippen molar-refractivity contribution in [3.63, 3.8) is 0 Å². The summed E-state index contributed by atoms with van der Waals surface area (Å²) in [6.07, 6.45) is 1.88. The Morgan fingerprint density at radius 2 is 1.88 bits per heavy atom. The highest BCUT2D eigenvalue weighted by atomic mass is 16.5. The largest absolute Gasteiger partial charge is 0.497 e. The second-order valence-corrected chi connectivity index (χ2v) is 6.07. The predicted molar refractivity (Wildman–Crippen MR) is 99.6 cm³/mol. The van der Waals surface area contributed by atoms with Gasteiger partial charge in [-0.05, 0) is 31.5 Å². The van der Waals surface area contributed by atoms with Gasteiger partial charge in [-0.2, -0.15) is 0 Å². The first-order valence-corrected chi connectivity index (χ1v) is 8.10. The number of hydrogen-bond acceptors (Lipinski definition) is 3. The Morgan fingerprint density at radius 3 is 2.56 bits per heavy atom. The molecule has 2 aromatic carbocycles. The first kappa shape index (κ1) is 16.9. The third-order valence-electron chi connectivity index (χ3n) is 4.25. The molecule has 3 rings (SSSR count). The molecular weight excluding hydrogens is 316 g/mol. The summed E-state index contributed by atoms with van der Waals surface area (Å²) < 4.78 is 12.6. The van der Waals surface area contributed by atoms with Crippen molar-refractivity contribution in [1.29, 1.82) is 0 Å². The number of anilines is 1. The number of nitrogens with zero attached hydrogens (tertiary/aromatic N) is 1. The first-order valence-electron chi connectivity index (χ1n) is 8.10. The Hall–Kier alpha value is -2.95. The maximum absolute atomic E-state index is 12.5. The van der Waals surface area contributed by atoms with E-state index in [1.807, 2.05) is 54.9 Å². The minimum atomic E-state index is -0.0776. The fourth-order valence-electron chi connectivity index (χ4n) is 2.96. The summed E-state index contributed by atoms with van der Waals surface area (Å²) in [5, 5.41) is 3.92. The SMILES string of the molecule is COc1cc(OC)c2ccn(CC(=O)Nc3ccc(C)cc3C)c2c1. The van der Waals surface area contributed by atoms with E-state index in [2.05, 4.69) is 11.4 Å². The molecule has 0 aliphatic heterocycles. The maximum atomic E-state index is 12.5. The van der Waals surface area contributed by atoms with Crippen LogP contribution in [0.5, 0.6) is 11.5 Å². The highest BCUT2D eigenvalue weighted by Crippen LogP contribution is 2.31. The zero-order valence-corrected chi connectivity index (χ0v) is 14.9. The van der Waals surface area contributed by atoms with Crippen LogP contribution in [-0.2, 0) is 11.3 Å². The number of rotatable bonds is 5. The average molecular weight is 338 g/mol. The summed E-state index contributed by atoms with van der Waals surface area (Å²) in [6.45, 7) is 4.24. The van der Waals surface area contributed by atoms with E-state index in [1.165, 1.54) is 5.56 Å². The lowest BCUT2D eigenvalue weighted by Gasteiger charge is -2.11. The fourth-order valence-corrected chi connectivity index (χ4v) is 2.96. The Bertz CT molecular complexity index is 928. The van der Waals surface area contributed by atoms with Gasteiger partial charge < -0.3 is 19.4 Å². The van der Waals surface area contributed by atoms with E-state index in [4.69, 9.17) is 9.47 Å². The second-order valence-electron chi connectivity index (χ2n) is 6.07. The molecule has 3 aromatic rings. The smallest absolute Gasteiger partial charge is 0.244 e. The van der Waals surface area contributed by atoms with Gasteiger partial charge in [-0.25, -0.2) is 0 Å². The molecule has 130 valence electrons. The number of nitrogens with one attached hydrogen (secondary N) is 1. The molecule has 1 heterocycles. The van der Waals surface area contributed by atoms with Gasteiger partial charge in [0.2, 0.25) is 5.91 Å². The van der Waals surface area contributed by atoms with Crippen molar-refractivity contribution >= 4 is 22.5 Å². The number of carbonyl (C=O) groups excluding carboxylic acids is 1. The highest BCUT2D eigenvalue weighted by Gasteiger charge is 2.12. The van der Waals surface area contributed by atoms with Crippen molar-refractivity contribution in [3.05, 3.63) is 53.7 Å². The molecular formula is C20H22N2O3. The quantitative estimate of drug-likeness (QED) is 0.767. The van der Waals surface area contributed by atoms with Gasteiger partial charge in [0.15, 0.2) is 0 Å². The topological polar surface area (TPSA) is 52.5 Å². The van der Waals surface area contributed by atoms with Crippen LogP contribution in [0.25, 0.3) is 10.9 Å². The highest BCUT2D eigenvalue weighted by molar-refractivity contribution is 5.94. The molecule has 1 N–H and O–H groups in total. The van der Waals surface area contributed by atoms with Gasteiger partial charge in [-0.3, -0.25) is 4.79 Å². The number of benzene rings is 2. The number of ether oxygens (including phenoxy) is 2. The molecule has 0 atom stereocenters. The third-order valence-corrected chi connectivity index (χ3v) is 4.25. The number of fused-ring (bicyclic) bond motifs is 1. The third kappa shape index (κ3) is 3.45. The molecule has 0 radical (unpaired) electrons. The zero-order valence-electron chi connectivity index (χ0n) is 14.9. The summed E-state index contributed by atoms with van der Waals surface area (Å²) in [6, 6.07) is 11.7. The van der Waals surface area contributed by atoms with Gasteiger partial charge in [0.05, 0.1) is 19.7 Å². The van der Waals surface area contributed by atoms with Crippen LogP contribution in [-0.4, -0.2) is 24.7 Å². The molecule has 0 spiro atoms. The number of aryl methyl sites for hydroxylation is 2. The molecule has 0 unspecified atom stereocenters. The van der Waals surface area contributed by atoms with Crippen molar-refractivity contribution in [2.75, 3.05) is 19.5 Å². The molecule has 0 saturated heterocycles. The lowest BCUT2D eigenvalue weighted by Crippen LogP contribution is -2.18. The Labute approximate surface area is 147 Å². The summed E-state index contributed by atoms with van der Waals surface area (Å²) in [4.78, 5) is 12.5. The Balaban J connectivity index is 1.86. The summed E-state index contributed by atoms with van der Waals surface area (Å²) in [5.41, 5.74) is 3.95.